The highest BCUT2D eigenvalue weighted by molar-refractivity contribution is 7.92. The van der Waals surface area contributed by atoms with Gasteiger partial charge in [0.2, 0.25) is 0 Å². The normalized spacial score (nSPS) is 15.7. The van der Waals surface area contributed by atoms with Gasteiger partial charge in [0.1, 0.15) is 5.75 Å². The number of benzene rings is 3. The highest BCUT2D eigenvalue weighted by atomic mass is 35.5. The largest absolute Gasteiger partial charge is 0.476 e. The lowest BCUT2D eigenvalue weighted by atomic mass is 10.1. The lowest BCUT2D eigenvalue weighted by Gasteiger charge is -2.35. The number of fused-ring (bicyclic) bond motifs is 1. The van der Waals surface area contributed by atoms with Gasteiger partial charge in [0.05, 0.1) is 17.1 Å². The van der Waals surface area contributed by atoms with Crippen LogP contribution >= 0.6 is 11.6 Å². The molecule has 8 heteroatoms. The molecule has 160 valence electrons. The van der Waals surface area contributed by atoms with Crippen molar-refractivity contribution in [3.63, 3.8) is 0 Å². The maximum atomic E-state index is 13.4. The molecule has 3 aromatic rings. The molecular formula is C23H21ClN2O4S. The van der Waals surface area contributed by atoms with Crippen LogP contribution in [0.4, 0.5) is 11.4 Å². The van der Waals surface area contributed by atoms with Crippen molar-refractivity contribution in [3.05, 3.63) is 82.9 Å². The zero-order chi connectivity index (χ0) is 22.2. The molecule has 0 aromatic heterocycles. The molecule has 3 aromatic carbocycles. The van der Waals surface area contributed by atoms with Crippen molar-refractivity contribution < 1.29 is 17.9 Å². The molecule has 1 atom stereocenters. The molecule has 0 saturated heterocycles. The van der Waals surface area contributed by atoms with Crippen molar-refractivity contribution in [2.24, 2.45) is 0 Å². The molecule has 1 N–H and O–H groups in total. The molecule has 0 unspecified atom stereocenters. The molecule has 0 aliphatic carbocycles. The summed E-state index contributed by atoms with van der Waals surface area (Å²) in [6.45, 7) is 3.61. The number of nitrogens with one attached hydrogen (secondary N) is 1. The van der Waals surface area contributed by atoms with Crippen molar-refractivity contribution in [3.8, 4) is 5.75 Å². The van der Waals surface area contributed by atoms with E-state index in [1.807, 2.05) is 32.0 Å². The number of hydrogen-bond acceptors (Lipinski definition) is 4. The summed E-state index contributed by atoms with van der Waals surface area (Å²) in [6.07, 6.45) is -1.04. The Balaban J connectivity index is 1.71. The lowest BCUT2D eigenvalue weighted by Crippen LogP contribution is -2.49. The summed E-state index contributed by atoms with van der Waals surface area (Å²) in [4.78, 5) is 13.2. The third kappa shape index (κ3) is 4.11. The molecule has 1 aliphatic rings. The Bertz CT molecular complexity index is 1230. The smallest absolute Gasteiger partial charge is 0.267 e. The summed E-state index contributed by atoms with van der Waals surface area (Å²) in [5.74, 6) is -0.150. The van der Waals surface area contributed by atoms with Gasteiger partial charge in [0.25, 0.3) is 15.9 Å². The van der Waals surface area contributed by atoms with Crippen molar-refractivity contribution >= 4 is 38.9 Å². The molecule has 4 rings (SSSR count). The van der Waals surface area contributed by atoms with Gasteiger partial charge in [0.15, 0.2) is 6.10 Å². The zero-order valence-corrected chi connectivity index (χ0v) is 18.6. The lowest BCUT2D eigenvalue weighted by molar-refractivity contribution is -0.122. The first kappa shape index (κ1) is 21.2. The SMILES string of the molecule is Cc1cccc(C)c1NC(=O)[C@H]1CN(S(=O)(=O)c2ccccc2)c2cc(Cl)ccc2O1. The fourth-order valence-corrected chi connectivity index (χ4v) is 5.18. The number of para-hydroxylation sites is 1. The molecule has 0 spiro atoms. The molecule has 31 heavy (non-hydrogen) atoms. The van der Waals surface area contributed by atoms with Crippen LogP contribution < -0.4 is 14.4 Å². The summed E-state index contributed by atoms with van der Waals surface area (Å²) in [6, 6.07) is 18.5. The van der Waals surface area contributed by atoms with E-state index in [0.29, 0.717) is 16.4 Å². The van der Waals surface area contributed by atoms with Crippen molar-refractivity contribution in [2.75, 3.05) is 16.2 Å². The number of nitrogens with zero attached hydrogens (tertiary/aromatic N) is 1. The molecule has 0 saturated carbocycles. The Morgan fingerprint density at radius 2 is 1.71 bits per heavy atom. The highest BCUT2D eigenvalue weighted by Crippen LogP contribution is 2.39. The summed E-state index contributed by atoms with van der Waals surface area (Å²) in [5.41, 5.74) is 2.80. The Morgan fingerprint density at radius 3 is 2.39 bits per heavy atom. The third-order valence-corrected chi connectivity index (χ3v) is 7.17. The van der Waals surface area contributed by atoms with E-state index in [9.17, 15) is 13.2 Å². The first-order valence-corrected chi connectivity index (χ1v) is 11.5. The molecular weight excluding hydrogens is 436 g/mol. The Labute approximate surface area is 186 Å². The van der Waals surface area contributed by atoms with E-state index in [4.69, 9.17) is 16.3 Å². The second-order valence-electron chi connectivity index (χ2n) is 7.32. The van der Waals surface area contributed by atoms with E-state index in [2.05, 4.69) is 5.32 Å². The maximum Gasteiger partial charge on any atom is 0.267 e. The summed E-state index contributed by atoms with van der Waals surface area (Å²) < 4.78 is 33.9. The average Bonchev–Trinajstić information content (AvgIpc) is 2.76. The van der Waals surface area contributed by atoms with Crippen LogP contribution in [0, 0.1) is 13.8 Å². The third-order valence-electron chi connectivity index (χ3n) is 5.14. The van der Waals surface area contributed by atoms with Crippen LogP contribution in [0.1, 0.15) is 11.1 Å². The summed E-state index contributed by atoms with van der Waals surface area (Å²) in [5, 5.41) is 3.26. The van der Waals surface area contributed by atoms with Crippen LogP contribution in [0.3, 0.4) is 0 Å². The standard InChI is InChI=1S/C23H21ClN2O4S/c1-15-7-6-8-16(2)22(15)25-23(27)21-14-26(19-13-17(24)11-12-20(19)30-21)31(28,29)18-9-4-3-5-10-18/h3-13,21H,14H2,1-2H3,(H,25,27)/t21-/m1/s1. The van der Waals surface area contributed by atoms with Gasteiger partial charge in [-0.3, -0.25) is 9.10 Å². The van der Waals surface area contributed by atoms with E-state index in [0.717, 1.165) is 11.1 Å². The number of amides is 1. The van der Waals surface area contributed by atoms with Crippen LogP contribution in [0.15, 0.2) is 71.6 Å². The summed E-state index contributed by atoms with van der Waals surface area (Å²) >= 11 is 6.12. The van der Waals surface area contributed by atoms with E-state index in [1.54, 1.807) is 30.3 Å². The fraction of sp³-hybridized carbons (Fsp3) is 0.174. The number of halogens is 1. The first-order chi connectivity index (χ1) is 14.8. The van der Waals surface area contributed by atoms with E-state index in [-0.39, 0.29) is 17.2 Å². The Kier molecular flexibility index (Phi) is 5.64. The Morgan fingerprint density at radius 1 is 1.03 bits per heavy atom. The maximum absolute atomic E-state index is 13.4. The second-order valence-corrected chi connectivity index (χ2v) is 9.62. The van der Waals surface area contributed by atoms with Crippen LogP contribution in [-0.2, 0) is 14.8 Å². The van der Waals surface area contributed by atoms with Crippen molar-refractivity contribution in [1.82, 2.24) is 0 Å². The monoisotopic (exact) mass is 456 g/mol. The first-order valence-electron chi connectivity index (χ1n) is 9.68. The number of rotatable bonds is 4. The van der Waals surface area contributed by atoms with Gasteiger partial charge in [-0.25, -0.2) is 8.42 Å². The number of hydrogen-bond donors (Lipinski definition) is 1. The van der Waals surface area contributed by atoms with Gasteiger partial charge < -0.3 is 10.1 Å². The molecule has 0 fully saturated rings. The predicted octanol–water partition coefficient (Wildman–Crippen LogP) is 4.55. The number of anilines is 2. The summed E-state index contributed by atoms with van der Waals surface area (Å²) in [7, 11) is -3.93. The Hall–Kier alpha value is -3.03. The number of carbonyl (C=O) groups excluding carboxylic acids is 1. The van der Waals surface area contributed by atoms with Gasteiger partial charge >= 0.3 is 0 Å². The molecule has 1 heterocycles. The van der Waals surface area contributed by atoms with Gasteiger partial charge in [-0.15, -0.1) is 0 Å². The van der Waals surface area contributed by atoms with Crippen LogP contribution in [-0.4, -0.2) is 27.0 Å². The topological polar surface area (TPSA) is 75.7 Å². The van der Waals surface area contributed by atoms with Crippen molar-refractivity contribution in [1.29, 1.82) is 0 Å². The zero-order valence-electron chi connectivity index (χ0n) is 17.0. The number of sulfonamides is 1. The van der Waals surface area contributed by atoms with E-state index < -0.39 is 22.0 Å². The highest BCUT2D eigenvalue weighted by Gasteiger charge is 2.38. The second kappa shape index (κ2) is 8.24. The van der Waals surface area contributed by atoms with E-state index >= 15 is 0 Å². The quantitative estimate of drug-likeness (QED) is 0.624. The van der Waals surface area contributed by atoms with Gasteiger partial charge in [0, 0.05) is 10.7 Å². The number of aryl methyl sites for hydroxylation is 2. The molecule has 0 bridgehead atoms. The molecule has 1 aliphatic heterocycles. The van der Waals surface area contributed by atoms with Crippen LogP contribution in [0.2, 0.25) is 5.02 Å². The minimum Gasteiger partial charge on any atom is -0.476 e. The minimum absolute atomic E-state index is 0.122. The fourth-order valence-electron chi connectivity index (χ4n) is 3.52. The average molecular weight is 457 g/mol. The molecule has 1 amide bonds. The predicted molar refractivity (Wildman–Crippen MR) is 121 cm³/mol. The van der Waals surface area contributed by atoms with Gasteiger partial charge in [-0.05, 0) is 55.3 Å². The number of carbonyl (C=O) groups is 1. The molecule has 0 radical (unpaired) electrons. The van der Waals surface area contributed by atoms with Crippen LogP contribution in [0.25, 0.3) is 0 Å². The van der Waals surface area contributed by atoms with Crippen molar-refractivity contribution in [2.45, 2.75) is 24.8 Å². The number of ether oxygens (including phenoxy) is 1. The minimum atomic E-state index is -3.93. The van der Waals surface area contributed by atoms with E-state index in [1.165, 1.54) is 22.5 Å². The van der Waals surface area contributed by atoms with Gasteiger partial charge in [-0.1, -0.05) is 48.0 Å². The van der Waals surface area contributed by atoms with Gasteiger partial charge in [-0.2, -0.15) is 0 Å². The molecule has 6 nitrogen and oxygen atoms in total. The van der Waals surface area contributed by atoms with Crippen LogP contribution in [0.5, 0.6) is 5.75 Å².